The molecule has 48 heavy (non-hydrogen) atoms. The number of anilines is 1. The Bertz CT molecular complexity index is 1880. The number of carbonyl (C=O) groups is 1. The van der Waals surface area contributed by atoms with E-state index in [0.29, 0.717) is 46.9 Å². The van der Waals surface area contributed by atoms with E-state index in [1.54, 1.807) is 36.0 Å². The number of amides is 1. The molecule has 1 aromatic heterocycles. The Labute approximate surface area is 284 Å². The number of ether oxygens (including phenoxy) is 1. The quantitative estimate of drug-likeness (QED) is 0.0939. The highest BCUT2D eigenvalue weighted by atomic mass is 35.5. The zero-order valence-electron chi connectivity index (χ0n) is 26.1. The molecular weight excluding hydrogens is 635 g/mol. The molecule has 0 atom stereocenters. The van der Waals surface area contributed by atoms with E-state index >= 15 is 0 Å². The minimum absolute atomic E-state index is 0. The zero-order valence-corrected chi connectivity index (χ0v) is 26.9. The number of phenols is 1. The van der Waals surface area contributed by atoms with Crippen molar-refractivity contribution in [1.82, 2.24) is 15.8 Å². The minimum Gasteiger partial charge on any atom is -0.504 e. The van der Waals surface area contributed by atoms with Gasteiger partial charge in [0.15, 0.2) is 11.5 Å². The van der Waals surface area contributed by atoms with E-state index in [-0.39, 0.29) is 35.3 Å². The Morgan fingerprint density at radius 1 is 1.08 bits per heavy atom. The van der Waals surface area contributed by atoms with Crippen molar-refractivity contribution in [2.24, 2.45) is 0 Å². The van der Waals surface area contributed by atoms with Crippen LogP contribution in [0, 0.1) is 28.5 Å². The number of hydrogen-bond donors (Lipinski definition) is 4. The Morgan fingerprint density at radius 3 is 2.44 bits per heavy atom. The van der Waals surface area contributed by atoms with Gasteiger partial charge in [-0.05, 0) is 78.4 Å². The number of methoxy groups -OCH3 is 1. The summed E-state index contributed by atoms with van der Waals surface area (Å²) >= 11 is 0. The topological polar surface area (TPSA) is 155 Å². The number of nitrogens with one attached hydrogen (secondary N) is 2. The average molecular weight is 669 g/mol. The van der Waals surface area contributed by atoms with Gasteiger partial charge in [0.1, 0.15) is 29.3 Å². The Kier molecular flexibility index (Phi) is 12.1. The first-order valence-corrected chi connectivity index (χ1v) is 15.0. The summed E-state index contributed by atoms with van der Waals surface area (Å²) in [5.74, 6) is -0.574. The lowest BCUT2D eigenvalue weighted by atomic mass is 9.91. The van der Waals surface area contributed by atoms with E-state index in [0.717, 1.165) is 36.9 Å². The van der Waals surface area contributed by atoms with Gasteiger partial charge in [-0.3, -0.25) is 10.0 Å². The molecule has 0 saturated carbocycles. The molecule has 4 aromatic rings. The molecule has 1 amide bonds. The summed E-state index contributed by atoms with van der Waals surface area (Å²) in [4.78, 5) is 17.9. The van der Waals surface area contributed by atoms with Gasteiger partial charge < -0.3 is 20.1 Å². The molecule has 0 spiro atoms. The molecule has 0 aliphatic carbocycles. The normalized spacial score (nSPS) is 13.0. The van der Waals surface area contributed by atoms with E-state index in [1.807, 2.05) is 30.3 Å². The monoisotopic (exact) mass is 668 g/mol. The third-order valence-corrected chi connectivity index (χ3v) is 8.20. The van der Waals surface area contributed by atoms with Crippen molar-refractivity contribution < 1.29 is 24.2 Å². The van der Waals surface area contributed by atoms with Crippen LogP contribution in [0.2, 0.25) is 0 Å². The number of carbonyl (C=O) groups excluding carboxylic acids is 1. The number of piperidine rings is 1. The summed E-state index contributed by atoms with van der Waals surface area (Å²) < 4.78 is 20.0. The van der Waals surface area contributed by atoms with Gasteiger partial charge in [-0.15, -0.1) is 12.4 Å². The summed E-state index contributed by atoms with van der Waals surface area (Å²) in [6.45, 7) is 2.10. The van der Waals surface area contributed by atoms with Crippen LogP contribution in [-0.4, -0.2) is 54.0 Å². The third-order valence-electron chi connectivity index (χ3n) is 8.20. The summed E-state index contributed by atoms with van der Waals surface area (Å²) in [7, 11) is 1.45. The third kappa shape index (κ3) is 8.08. The van der Waals surface area contributed by atoms with Gasteiger partial charge in [0.25, 0.3) is 5.91 Å². The zero-order chi connectivity index (χ0) is 33.3. The van der Waals surface area contributed by atoms with Crippen LogP contribution in [0.25, 0.3) is 28.3 Å². The molecule has 1 aliphatic rings. The number of hydrogen-bond acceptors (Lipinski definition) is 9. The molecule has 10 nitrogen and oxygen atoms in total. The first kappa shape index (κ1) is 35.4. The van der Waals surface area contributed by atoms with Gasteiger partial charge >= 0.3 is 0 Å². The van der Waals surface area contributed by atoms with Gasteiger partial charge in [-0.1, -0.05) is 36.4 Å². The van der Waals surface area contributed by atoms with Gasteiger partial charge in [-0.2, -0.15) is 10.5 Å². The molecule has 1 saturated heterocycles. The Morgan fingerprint density at radius 2 is 1.81 bits per heavy atom. The summed E-state index contributed by atoms with van der Waals surface area (Å²) in [6.07, 6.45) is 7.00. The molecule has 3 aromatic carbocycles. The van der Waals surface area contributed by atoms with Gasteiger partial charge in [0.2, 0.25) is 0 Å². The van der Waals surface area contributed by atoms with Crippen molar-refractivity contribution in [2.45, 2.75) is 25.3 Å². The lowest BCUT2D eigenvalue weighted by Gasteiger charge is -2.34. The van der Waals surface area contributed by atoms with Crippen molar-refractivity contribution in [1.29, 1.82) is 10.5 Å². The van der Waals surface area contributed by atoms with E-state index in [4.69, 9.17) is 14.9 Å². The highest BCUT2D eigenvalue weighted by Gasteiger charge is 2.26. The van der Waals surface area contributed by atoms with Crippen molar-refractivity contribution in [3.8, 4) is 45.9 Å². The SMILES string of the molecule is COc1ccc(-c2cnc(N3CCC(NCCc4ccc(/C=C/C(=O)NO)cc4)CC3)c(C#N)c2-c2ccc(C#N)c(F)c2)cc1O.Cl. The lowest BCUT2D eigenvalue weighted by molar-refractivity contribution is -0.124. The maximum Gasteiger partial charge on any atom is 0.267 e. The Hall–Kier alpha value is -5.46. The molecule has 5 rings (SSSR count). The van der Waals surface area contributed by atoms with Crippen molar-refractivity contribution in [3.63, 3.8) is 0 Å². The molecule has 0 radical (unpaired) electrons. The molecule has 0 unspecified atom stereocenters. The minimum atomic E-state index is -0.692. The highest BCUT2D eigenvalue weighted by molar-refractivity contribution is 5.91. The number of aromatic hydroxyl groups is 1. The second-order valence-corrected chi connectivity index (χ2v) is 11.1. The average Bonchev–Trinajstić information content (AvgIpc) is 3.10. The predicted molar refractivity (Wildman–Crippen MR) is 182 cm³/mol. The fourth-order valence-electron chi connectivity index (χ4n) is 5.71. The van der Waals surface area contributed by atoms with Gasteiger partial charge in [-0.25, -0.2) is 14.9 Å². The number of hydroxylamine groups is 1. The van der Waals surface area contributed by atoms with Crippen LogP contribution in [0.15, 0.2) is 72.9 Å². The van der Waals surface area contributed by atoms with Crippen LogP contribution >= 0.6 is 12.4 Å². The van der Waals surface area contributed by atoms with Crippen LogP contribution in [0.3, 0.4) is 0 Å². The van der Waals surface area contributed by atoms with Crippen LogP contribution in [0.5, 0.6) is 11.5 Å². The number of rotatable bonds is 10. The van der Waals surface area contributed by atoms with Crippen LogP contribution in [0.1, 0.15) is 35.1 Å². The second-order valence-electron chi connectivity index (χ2n) is 11.1. The number of nitriles is 2. The molecule has 1 fully saturated rings. The van der Waals surface area contributed by atoms with E-state index in [2.05, 4.69) is 16.3 Å². The molecule has 12 heteroatoms. The van der Waals surface area contributed by atoms with Crippen molar-refractivity contribution in [3.05, 3.63) is 101 Å². The number of halogens is 2. The van der Waals surface area contributed by atoms with E-state index in [1.165, 1.54) is 31.4 Å². The molecule has 246 valence electrons. The largest absolute Gasteiger partial charge is 0.504 e. The highest BCUT2D eigenvalue weighted by Crippen LogP contribution is 2.41. The molecule has 0 bridgehead atoms. The number of benzene rings is 3. The van der Waals surface area contributed by atoms with Crippen LogP contribution in [-0.2, 0) is 11.2 Å². The Balaban J connectivity index is 0.00000520. The standard InChI is InChI=1S/C36H33FN6O4.ClH/c1-47-33-10-9-25(19-32(33)44)30-22-41-36(29(21-39)35(30)26-7-8-27(20-38)31(37)18-26)43-16-13-28(14-17-43)40-15-12-24-4-2-23(3-5-24)6-11-34(45)42-46;/h2-11,18-19,22,28,40,44,46H,12-17H2,1H3,(H,42,45);1H/b11-6+;. The summed E-state index contributed by atoms with van der Waals surface area (Å²) in [5, 5.41) is 42.4. The summed E-state index contributed by atoms with van der Waals surface area (Å²) in [6, 6.07) is 21.4. The molecule has 4 N–H and O–H groups in total. The maximum absolute atomic E-state index is 14.8. The number of pyridine rings is 1. The maximum atomic E-state index is 14.8. The smallest absolute Gasteiger partial charge is 0.267 e. The number of nitrogens with zero attached hydrogens (tertiary/aromatic N) is 4. The van der Waals surface area contributed by atoms with Crippen LogP contribution in [0.4, 0.5) is 10.2 Å². The number of phenolic OH excluding ortho intramolecular Hbond substituents is 1. The number of aromatic nitrogens is 1. The predicted octanol–water partition coefficient (Wildman–Crippen LogP) is 5.75. The lowest BCUT2D eigenvalue weighted by Crippen LogP contribution is -2.43. The van der Waals surface area contributed by atoms with Crippen LogP contribution < -0.4 is 20.4 Å². The van der Waals surface area contributed by atoms with Gasteiger partial charge in [0, 0.05) is 42.5 Å². The fraction of sp³-hybridized carbons (Fsp3) is 0.222. The second kappa shape index (κ2) is 16.4. The fourth-order valence-corrected chi connectivity index (χ4v) is 5.71. The van der Waals surface area contributed by atoms with E-state index in [9.17, 15) is 24.8 Å². The van der Waals surface area contributed by atoms with Crippen molar-refractivity contribution in [2.75, 3.05) is 31.6 Å². The van der Waals surface area contributed by atoms with E-state index < -0.39 is 11.7 Å². The summed E-state index contributed by atoms with van der Waals surface area (Å²) in [5.41, 5.74) is 5.73. The molecule has 2 heterocycles. The molecular formula is C36H34ClFN6O4. The first-order chi connectivity index (χ1) is 22.8. The van der Waals surface area contributed by atoms with Gasteiger partial charge in [0.05, 0.1) is 12.7 Å². The van der Waals surface area contributed by atoms with Crippen molar-refractivity contribution >= 4 is 30.2 Å². The first-order valence-electron chi connectivity index (χ1n) is 15.0. The molecule has 1 aliphatic heterocycles.